The quantitative estimate of drug-likeness (QED) is 0.355. The van der Waals surface area contributed by atoms with Gasteiger partial charge >= 0.3 is 0 Å². The number of rotatable bonds is 7. The molecule has 2 aliphatic rings. The molecule has 0 amide bonds. The maximum absolute atomic E-state index is 14.8. The minimum Gasteiger partial charge on any atom is -0.301 e. The Labute approximate surface area is 241 Å². The number of hydrogen-bond donors (Lipinski definition) is 2. The number of anilines is 1. The molecule has 8 nitrogen and oxygen atoms in total. The molecule has 1 aromatic carbocycles. The van der Waals surface area contributed by atoms with Gasteiger partial charge in [-0.2, -0.15) is 0 Å². The van der Waals surface area contributed by atoms with Crippen molar-refractivity contribution in [2.75, 3.05) is 18.0 Å². The molecular formula is C30H36F2N6O2S. The molecule has 218 valence electrons. The van der Waals surface area contributed by atoms with Gasteiger partial charge in [0.2, 0.25) is 10.0 Å². The van der Waals surface area contributed by atoms with E-state index in [2.05, 4.69) is 34.0 Å². The summed E-state index contributed by atoms with van der Waals surface area (Å²) >= 11 is 0. The van der Waals surface area contributed by atoms with Gasteiger partial charge in [0.05, 0.1) is 40.5 Å². The Kier molecular flexibility index (Phi) is 7.58. The van der Waals surface area contributed by atoms with Crippen LogP contribution in [0.3, 0.4) is 0 Å². The molecule has 5 rings (SSSR count). The van der Waals surface area contributed by atoms with E-state index in [-0.39, 0.29) is 18.7 Å². The largest absolute Gasteiger partial charge is 0.301 e. The summed E-state index contributed by atoms with van der Waals surface area (Å²) in [5.41, 5.74) is 7.98. The number of aromatic nitrogens is 3. The average molecular weight is 583 g/mol. The zero-order valence-corrected chi connectivity index (χ0v) is 24.6. The highest BCUT2D eigenvalue weighted by Gasteiger charge is 2.45. The first kappa shape index (κ1) is 28.7. The van der Waals surface area contributed by atoms with E-state index in [1.807, 2.05) is 12.1 Å². The molecule has 1 aliphatic carbocycles. The van der Waals surface area contributed by atoms with Crippen LogP contribution in [0.25, 0.3) is 17.0 Å². The molecule has 1 aliphatic heterocycles. The van der Waals surface area contributed by atoms with Crippen molar-refractivity contribution in [3.63, 3.8) is 0 Å². The summed E-state index contributed by atoms with van der Waals surface area (Å²) in [6, 6.07) is 7.38. The van der Waals surface area contributed by atoms with Gasteiger partial charge < -0.3 is 5.43 Å². The molecular weight excluding hydrogens is 546 g/mol. The number of halogens is 2. The summed E-state index contributed by atoms with van der Waals surface area (Å²) in [6.45, 7) is 6.01. The van der Waals surface area contributed by atoms with Gasteiger partial charge in [-0.25, -0.2) is 27.2 Å². The Hall–Kier alpha value is -3.86. The highest BCUT2D eigenvalue weighted by Crippen LogP contribution is 2.49. The first-order chi connectivity index (χ1) is 19.5. The van der Waals surface area contributed by atoms with Crippen LogP contribution in [0, 0.1) is 24.5 Å². The standard InChI is InChI=1S/C30H34F2N6O2S.H2/c1-6-19-11-12-30(7-2,29-21(19)15-25(38(4)36-29)28-22(31)9-8-10-23(28)32)26-17-33-16-24(35-26)20-13-18(3)34-27(14-20)37-41(5,39)40;/h8-10,13-17,19,36H,6-7,11-12H2,1-5H3,(H,34,37);1H/t19-,30+;/m0./s1. The first-order valence-corrected chi connectivity index (χ1v) is 15.6. The van der Waals surface area contributed by atoms with Crippen LogP contribution in [0.1, 0.15) is 57.9 Å². The molecule has 3 aromatic rings. The van der Waals surface area contributed by atoms with Crippen LogP contribution in [0.2, 0.25) is 0 Å². The minimum atomic E-state index is -3.51. The topological polar surface area (TPSA) is 100 Å². The van der Waals surface area contributed by atoms with E-state index in [1.54, 1.807) is 37.4 Å². The molecule has 2 aromatic heterocycles. The van der Waals surface area contributed by atoms with Crippen LogP contribution in [0.15, 0.2) is 60.1 Å². The molecule has 0 unspecified atom stereocenters. The van der Waals surface area contributed by atoms with E-state index in [0.717, 1.165) is 42.5 Å². The van der Waals surface area contributed by atoms with E-state index >= 15 is 0 Å². The van der Waals surface area contributed by atoms with Gasteiger partial charge in [0, 0.05) is 31.6 Å². The van der Waals surface area contributed by atoms with Crippen molar-refractivity contribution in [3.05, 3.63) is 88.7 Å². The molecule has 0 saturated carbocycles. The van der Waals surface area contributed by atoms with Gasteiger partial charge in [-0.1, -0.05) is 19.9 Å². The van der Waals surface area contributed by atoms with Crippen molar-refractivity contribution in [2.24, 2.45) is 5.92 Å². The lowest BCUT2D eigenvalue weighted by atomic mass is 9.65. The van der Waals surface area contributed by atoms with Crippen molar-refractivity contribution < 1.29 is 18.6 Å². The number of sulfonamides is 1. The summed E-state index contributed by atoms with van der Waals surface area (Å²) in [4.78, 5) is 13.9. The molecule has 0 saturated heterocycles. The number of pyridine rings is 1. The van der Waals surface area contributed by atoms with Crippen LogP contribution in [-0.2, 0) is 15.4 Å². The van der Waals surface area contributed by atoms with Crippen LogP contribution in [0.4, 0.5) is 14.6 Å². The molecule has 0 spiro atoms. The second-order valence-electron chi connectivity index (χ2n) is 10.8. The lowest BCUT2D eigenvalue weighted by molar-refractivity contribution is 0.264. The van der Waals surface area contributed by atoms with Crippen LogP contribution < -0.4 is 10.1 Å². The van der Waals surface area contributed by atoms with E-state index in [4.69, 9.17) is 4.98 Å². The van der Waals surface area contributed by atoms with E-state index in [9.17, 15) is 17.2 Å². The van der Waals surface area contributed by atoms with Crippen molar-refractivity contribution in [1.29, 1.82) is 0 Å². The van der Waals surface area contributed by atoms with E-state index in [0.29, 0.717) is 29.1 Å². The van der Waals surface area contributed by atoms with Gasteiger partial charge in [0.1, 0.15) is 17.5 Å². The molecule has 2 atom stereocenters. The Morgan fingerprint density at radius 2 is 1.90 bits per heavy atom. The van der Waals surface area contributed by atoms with Crippen molar-refractivity contribution in [3.8, 4) is 11.3 Å². The molecule has 3 heterocycles. The monoisotopic (exact) mass is 582 g/mol. The van der Waals surface area contributed by atoms with E-state index in [1.165, 1.54) is 18.2 Å². The fourth-order valence-corrected chi connectivity index (χ4v) is 6.49. The lowest BCUT2D eigenvalue weighted by Crippen LogP contribution is -2.48. The fraction of sp³-hybridized carbons (Fsp3) is 0.367. The third-order valence-corrected chi connectivity index (χ3v) is 8.62. The predicted octanol–water partition coefficient (Wildman–Crippen LogP) is 5.96. The summed E-state index contributed by atoms with van der Waals surface area (Å²) in [5.74, 6) is -0.813. The van der Waals surface area contributed by atoms with Crippen molar-refractivity contribution in [2.45, 2.75) is 51.9 Å². The van der Waals surface area contributed by atoms with Crippen LogP contribution in [0.5, 0.6) is 0 Å². The normalized spacial score (nSPS) is 20.8. The minimum absolute atomic E-state index is 0. The zero-order valence-electron chi connectivity index (χ0n) is 23.8. The number of nitrogens with one attached hydrogen (secondary N) is 2. The predicted molar refractivity (Wildman–Crippen MR) is 158 cm³/mol. The van der Waals surface area contributed by atoms with Crippen LogP contribution >= 0.6 is 0 Å². The molecule has 11 heteroatoms. The highest BCUT2D eigenvalue weighted by atomic mass is 32.2. The summed E-state index contributed by atoms with van der Waals surface area (Å²) in [6.07, 6.45) is 9.70. The van der Waals surface area contributed by atoms with E-state index < -0.39 is 27.1 Å². The Bertz CT molecular complexity index is 1660. The molecule has 0 bridgehead atoms. The lowest BCUT2D eigenvalue weighted by Gasteiger charge is -2.47. The Morgan fingerprint density at radius 1 is 1.17 bits per heavy atom. The Morgan fingerprint density at radius 3 is 2.56 bits per heavy atom. The number of allylic oxidation sites excluding steroid dienone is 3. The smallest absolute Gasteiger partial charge is 0.230 e. The maximum Gasteiger partial charge on any atom is 0.230 e. The molecule has 2 N–H and O–H groups in total. The van der Waals surface area contributed by atoms with Gasteiger partial charge in [0.25, 0.3) is 0 Å². The molecule has 41 heavy (non-hydrogen) atoms. The number of hydrogen-bond acceptors (Lipinski definition) is 7. The van der Waals surface area contributed by atoms with Crippen molar-refractivity contribution >= 4 is 21.5 Å². The molecule has 0 fully saturated rings. The number of hydrazine groups is 1. The van der Waals surface area contributed by atoms with Gasteiger partial charge in [-0.05, 0) is 74.4 Å². The summed E-state index contributed by atoms with van der Waals surface area (Å²) in [5, 5.41) is 1.68. The van der Waals surface area contributed by atoms with Gasteiger partial charge in [-0.15, -0.1) is 0 Å². The number of benzene rings is 1. The second kappa shape index (κ2) is 10.8. The number of nitrogens with zero attached hydrogens (tertiary/aromatic N) is 4. The van der Waals surface area contributed by atoms with Gasteiger partial charge in [0.15, 0.2) is 0 Å². The summed E-state index contributed by atoms with van der Waals surface area (Å²) in [7, 11) is -1.75. The third kappa shape index (κ3) is 5.42. The SMILES string of the molecule is CC[C@H]1CC[C@](CC)(c2cncc(-c3cc(C)nc(NS(C)(=O)=O)c3)n2)C2=C1C=C(c1c(F)cccc1F)N(C)N2.[HH]. The van der Waals surface area contributed by atoms with Crippen LogP contribution in [-0.4, -0.2) is 41.7 Å². The first-order valence-electron chi connectivity index (χ1n) is 13.7. The highest BCUT2D eigenvalue weighted by molar-refractivity contribution is 7.92. The maximum atomic E-state index is 14.8. The fourth-order valence-electron chi connectivity index (χ4n) is 6.01. The molecule has 0 radical (unpaired) electrons. The third-order valence-electron chi connectivity index (χ3n) is 8.04. The van der Waals surface area contributed by atoms with Gasteiger partial charge in [-0.3, -0.25) is 14.7 Å². The second-order valence-corrected chi connectivity index (χ2v) is 12.5. The zero-order chi connectivity index (χ0) is 29.5. The number of aryl methyl sites for hydroxylation is 1. The Balaban J connectivity index is 0.00000405. The van der Waals surface area contributed by atoms with Crippen molar-refractivity contribution in [1.82, 2.24) is 25.4 Å². The summed E-state index contributed by atoms with van der Waals surface area (Å²) < 4.78 is 55.8. The average Bonchev–Trinajstić information content (AvgIpc) is 2.91.